The summed E-state index contributed by atoms with van der Waals surface area (Å²) in [5.41, 5.74) is 0. The predicted molar refractivity (Wildman–Crippen MR) is 79.9 cm³/mol. The van der Waals surface area contributed by atoms with Gasteiger partial charge in [-0.25, -0.2) is 13.1 Å². The van der Waals surface area contributed by atoms with Crippen LogP contribution in [0.2, 0.25) is 5.02 Å². The highest BCUT2D eigenvalue weighted by molar-refractivity contribution is 9.10. The van der Waals surface area contributed by atoms with E-state index in [4.69, 9.17) is 11.6 Å². The minimum atomic E-state index is -3.47. The molecule has 0 saturated carbocycles. The molecule has 1 saturated heterocycles. The Bertz CT molecular complexity index is 545. The largest absolute Gasteiger partial charge is 0.316 e. The first-order valence-electron chi connectivity index (χ1n) is 6.14. The summed E-state index contributed by atoms with van der Waals surface area (Å²) in [5, 5.41) is 3.76. The van der Waals surface area contributed by atoms with E-state index < -0.39 is 10.0 Å². The van der Waals surface area contributed by atoms with Crippen molar-refractivity contribution in [1.82, 2.24) is 10.0 Å². The van der Waals surface area contributed by atoms with Crippen molar-refractivity contribution in [1.29, 1.82) is 0 Å². The average Bonchev–Trinajstić information content (AvgIpc) is 2.41. The first-order valence-corrected chi connectivity index (χ1v) is 8.80. The maximum Gasteiger partial charge on any atom is 0.240 e. The number of halogens is 2. The number of hydrogen-bond donors (Lipinski definition) is 2. The number of hydrogen-bond acceptors (Lipinski definition) is 3. The SMILES string of the molecule is O=S(=O)(NCC1CCCNC1)c1ccc(Cl)c(Br)c1. The van der Waals surface area contributed by atoms with E-state index in [2.05, 4.69) is 26.0 Å². The van der Waals surface area contributed by atoms with Gasteiger partial charge in [0.05, 0.1) is 9.92 Å². The van der Waals surface area contributed by atoms with Crippen LogP contribution in [-0.4, -0.2) is 28.1 Å². The lowest BCUT2D eigenvalue weighted by Gasteiger charge is -2.22. The second kappa shape index (κ2) is 6.54. The van der Waals surface area contributed by atoms with E-state index >= 15 is 0 Å². The van der Waals surface area contributed by atoms with E-state index in [-0.39, 0.29) is 4.90 Å². The lowest BCUT2D eigenvalue weighted by Crippen LogP contribution is -2.38. The Morgan fingerprint density at radius 1 is 1.47 bits per heavy atom. The van der Waals surface area contributed by atoms with Crippen LogP contribution >= 0.6 is 27.5 Å². The summed E-state index contributed by atoms with van der Waals surface area (Å²) >= 11 is 9.09. The van der Waals surface area contributed by atoms with Gasteiger partial charge >= 0.3 is 0 Å². The monoisotopic (exact) mass is 366 g/mol. The van der Waals surface area contributed by atoms with Crippen molar-refractivity contribution >= 4 is 37.6 Å². The van der Waals surface area contributed by atoms with Crippen LogP contribution in [0.3, 0.4) is 0 Å². The van der Waals surface area contributed by atoms with Gasteiger partial charge in [-0.15, -0.1) is 0 Å². The normalized spacial score (nSPS) is 20.4. The van der Waals surface area contributed by atoms with E-state index in [9.17, 15) is 8.42 Å². The molecule has 1 aliphatic rings. The lowest BCUT2D eigenvalue weighted by atomic mass is 10.0. The van der Waals surface area contributed by atoms with Crippen LogP contribution in [0, 0.1) is 5.92 Å². The van der Waals surface area contributed by atoms with Gasteiger partial charge in [-0.2, -0.15) is 0 Å². The van der Waals surface area contributed by atoms with Crippen LogP contribution in [0.4, 0.5) is 0 Å². The molecule has 1 aromatic rings. The van der Waals surface area contributed by atoms with Gasteiger partial charge in [0.2, 0.25) is 10.0 Å². The van der Waals surface area contributed by atoms with Gasteiger partial charge in [-0.05, 0) is 66.0 Å². The van der Waals surface area contributed by atoms with E-state index in [1.54, 1.807) is 6.07 Å². The van der Waals surface area contributed by atoms with Crippen molar-refractivity contribution in [3.63, 3.8) is 0 Å². The quantitative estimate of drug-likeness (QED) is 0.859. The molecule has 1 fully saturated rings. The zero-order valence-corrected chi connectivity index (χ0v) is 13.5. The van der Waals surface area contributed by atoms with Crippen LogP contribution in [0.1, 0.15) is 12.8 Å². The summed E-state index contributed by atoms with van der Waals surface area (Å²) in [5.74, 6) is 0.360. The molecule has 106 valence electrons. The topological polar surface area (TPSA) is 58.2 Å². The van der Waals surface area contributed by atoms with E-state index in [1.165, 1.54) is 12.1 Å². The molecule has 0 radical (unpaired) electrons. The molecular weight excluding hydrogens is 352 g/mol. The third kappa shape index (κ3) is 4.16. The Hall–Kier alpha value is -0.140. The van der Waals surface area contributed by atoms with Crippen molar-refractivity contribution in [2.75, 3.05) is 19.6 Å². The predicted octanol–water partition coefficient (Wildman–Crippen LogP) is 2.38. The van der Waals surface area contributed by atoms with Gasteiger partial charge in [-0.3, -0.25) is 0 Å². The molecule has 1 atom stereocenters. The Labute approximate surface area is 127 Å². The summed E-state index contributed by atoms with van der Waals surface area (Å²) in [7, 11) is -3.47. The van der Waals surface area contributed by atoms with Gasteiger partial charge in [0.25, 0.3) is 0 Å². The van der Waals surface area contributed by atoms with E-state index in [1.807, 2.05) is 0 Å². The van der Waals surface area contributed by atoms with Gasteiger partial charge in [-0.1, -0.05) is 11.6 Å². The van der Waals surface area contributed by atoms with Gasteiger partial charge in [0, 0.05) is 11.0 Å². The molecule has 0 aliphatic carbocycles. The second-order valence-electron chi connectivity index (χ2n) is 4.64. The number of sulfonamides is 1. The van der Waals surface area contributed by atoms with Crippen LogP contribution in [-0.2, 0) is 10.0 Å². The molecule has 0 aromatic heterocycles. The Kier molecular flexibility index (Phi) is 5.25. The third-order valence-electron chi connectivity index (χ3n) is 3.16. The van der Waals surface area contributed by atoms with Crippen molar-refractivity contribution in [3.8, 4) is 0 Å². The molecule has 0 amide bonds. The lowest BCUT2D eigenvalue weighted by molar-refractivity contribution is 0.376. The van der Waals surface area contributed by atoms with Crippen molar-refractivity contribution in [3.05, 3.63) is 27.7 Å². The molecule has 1 aliphatic heterocycles. The highest BCUT2D eigenvalue weighted by Crippen LogP contribution is 2.25. The highest BCUT2D eigenvalue weighted by atomic mass is 79.9. The van der Waals surface area contributed by atoms with E-state index in [0.29, 0.717) is 22.0 Å². The maximum atomic E-state index is 12.1. The van der Waals surface area contributed by atoms with E-state index in [0.717, 1.165) is 25.9 Å². The molecule has 0 spiro atoms. The number of nitrogens with one attached hydrogen (secondary N) is 2. The summed E-state index contributed by atoms with van der Waals surface area (Å²) in [6, 6.07) is 4.60. The molecule has 19 heavy (non-hydrogen) atoms. The molecule has 2 rings (SSSR count). The zero-order valence-electron chi connectivity index (χ0n) is 10.3. The fourth-order valence-corrected chi connectivity index (χ4v) is 3.84. The smallest absolute Gasteiger partial charge is 0.240 e. The molecule has 0 bridgehead atoms. The number of rotatable bonds is 4. The highest BCUT2D eigenvalue weighted by Gasteiger charge is 2.19. The average molecular weight is 368 g/mol. The van der Waals surface area contributed by atoms with Crippen LogP contribution in [0.15, 0.2) is 27.6 Å². The number of benzene rings is 1. The summed E-state index contributed by atoms with van der Waals surface area (Å²) in [6.45, 7) is 2.36. The second-order valence-corrected chi connectivity index (χ2v) is 7.67. The summed E-state index contributed by atoms with van der Waals surface area (Å²) in [6.07, 6.45) is 2.15. The van der Waals surface area contributed by atoms with Crippen molar-refractivity contribution < 1.29 is 8.42 Å². The van der Waals surface area contributed by atoms with Gasteiger partial charge in [0.15, 0.2) is 0 Å². The van der Waals surface area contributed by atoms with Gasteiger partial charge < -0.3 is 5.32 Å². The first-order chi connectivity index (χ1) is 8.99. The van der Waals surface area contributed by atoms with Crippen molar-refractivity contribution in [2.24, 2.45) is 5.92 Å². The molecule has 4 nitrogen and oxygen atoms in total. The Morgan fingerprint density at radius 2 is 2.26 bits per heavy atom. The molecular formula is C12H16BrClN2O2S. The Morgan fingerprint density at radius 3 is 2.89 bits per heavy atom. The molecule has 1 heterocycles. The number of piperidine rings is 1. The van der Waals surface area contributed by atoms with Crippen LogP contribution in [0.25, 0.3) is 0 Å². The minimum absolute atomic E-state index is 0.229. The fourth-order valence-electron chi connectivity index (χ4n) is 2.05. The molecule has 1 aromatic carbocycles. The van der Waals surface area contributed by atoms with Crippen LogP contribution < -0.4 is 10.0 Å². The standard InChI is InChI=1S/C12H16BrClN2O2S/c13-11-6-10(3-4-12(11)14)19(17,18)16-8-9-2-1-5-15-7-9/h3-4,6,9,15-16H,1-2,5,7-8H2. The summed E-state index contributed by atoms with van der Waals surface area (Å²) in [4.78, 5) is 0.229. The molecule has 7 heteroatoms. The van der Waals surface area contributed by atoms with Gasteiger partial charge in [0.1, 0.15) is 0 Å². The zero-order chi connectivity index (χ0) is 13.9. The minimum Gasteiger partial charge on any atom is -0.316 e. The summed E-state index contributed by atoms with van der Waals surface area (Å²) < 4.78 is 27.5. The molecule has 2 N–H and O–H groups in total. The van der Waals surface area contributed by atoms with Crippen molar-refractivity contribution in [2.45, 2.75) is 17.7 Å². The maximum absolute atomic E-state index is 12.1. The fraction of sp³-hybridized carbons (Fsp3) is 0.500. The van der Waals surface area contributed by atoms with Crippen LogP contribution in [0.5, 0.6) is 0 Å². The first kappa shape index (κ1) is 15.3. The molecule has 1 unspecified atom stereocenters. The third-order valence-corrected chi connectivity index (χ3v) is 5.80. The Balaban J connectivity index is 2.02.